The van der Waals surface area contributed by atoms with Crippen molar-refractivity contribution in [1.29, 1.82) is 0 Å². The number of aryl methyl sites for hydroxylation is 3. The standard InChI is InChI=1S/C22H29N5O3/c1-14-9-15(2)26(24-14)8-7-21(29)25-12-17-10-18(13-25)20(11-23-16(3)28)27-19(17)5-4-6-22(27)30/h4-6,9,17-18,20H,7-8,10-13H2,1-3H3,(H,23,28)/t17-,18+,20+/m1/s1. The van der Waals surface area contributed by atoms with Crippen molar-refractivity contribution >= 4 is 11.8 Å². The first-order chi connectivity index (χ1) is 14.3. The van der Waals surface area contributed by atoms with Crippen molar-refractivity contribution in [2.75, 3.05) is 19.6 Å². The molecule has 1 N–H and O–H groups in total. The molecule has 8 heteroatoms. The Kier molecular flexibility index (Phi) is 5.49. The Labute approximate surface area is 175 Å². The van der Waals surface area contributed by atoms with Crippen molar-refractivity contribution in [2.45, 2.75) is 52.1 Å². The minimum Gasteiger partial charge on any atom is -0.354 e. The first-order valence-corrected chi connectivity index (χ1v) is 10.6. The van der Waals surface area contributed by atoms with E-state index in [2.05, 4.69) is 10.4 Å². The van der Waals surface area contributed by atoms with Gasteiger partial charge in [-0.15, -0.1) is 0 Å². The smallest absolute Gasteiger partial charge is 0.251 e. The zero-order valence-electron chi connectivity index (χ0n) is 17.8. The van der Waals surface area contributed by atoms with Gasteiger partial charge in [0.25, 0.3) is 5.56 Å². The van der Waals surface area contributed by atoms with Crippen LogP contribution in [0, 0.1) is 19.8 Å². The quantitative estimate of drug-likeness (QED) is 0.805. The molecule has 0 radical (unpaired) electrons. The molecule has 1 fully saturated rings. The molecule has 3 atom stereocenters. The van der Waals surface area contributed by atoms with Gasteiger partial charge in [-0.3, -0.25) is 19.1 Å². The normalized spacial score (nSPS) is 22.5. The number of fused-ring (bicyclic) bond motifs is 4. The molecule has 2 bridgehead atoms. The summed E-state index contributed by atoms with van der Waals surface area (Å²) in [6.45, 7) is 7.63. The van der Waals surface area contributed by atoms with Crippen LogP contribution in [0.25, 0.3) is 0 Å². The maximum atomic E-state index is 13.0. The molecule has 2 aliphatic heterocycles. The average Bonchev–Trinajstić information content (AvgIpc) is 3.03. The summed E-state index contributed by atoms with van der Waals surface area (Å²) in [5.74, 6) is 0.281. The maximum absolute atomic E-state index is 13.0. The maximum Gasteiger partial charge on any atom is 0.251 e. The van der Waals surface area contributed by atoms with E-state index in [1.165, 1.54) is 6.92 Å². The van der Waals surface area contributed by atoms with E-state index in [9.17, 15) is 14.4 Å². The molecule has 0 spiro atoms. The summed E-state index contributed by atoms with van der Waals surface area (Å²) in [7, 11) is 0. The lowest BCUT2D eigenvalue weighted by Gasteiger charge is -2.47. The predicted molar refractivity (Wildman–Crippen MR) is 112 cm³/mol. The van der Waals surface area contributed by atoms with E-state index in [4.69, 9.17) is 0 Å². The summed E-state index contributed by atoms with van der Waals surface area (Å²) in [6, 6.07) is 7.21. The van der Waals surface area contributed by atoms with Gasteiger partial charge in [0.2, 0.25) is 11.8 Å². The monoisotopic (exact) mass is 411 g/mol. The number of hydrogen-bond acceptors (Lipinski definition) is 4. The first kappa shape index (κ1) is 20.4. The number of nitrogens with zero attached hydrogens (tertiary/aromatic N) is 4. The van der Waals surface area contributed by atoms with Gasteiger partial charge in [0.1, 0.15) is 0 Å². The van der Waals surface area contributed by atoms with Crippen molar-refractivity contribution in [2.24, 2.45) is 5.92 Å². The third-order valence-electron chi connectivity index (χ3n) is 6.35. The van der Waals surface area contributed by atoms with E-state index in [1.54, 1.807) is 12.1 Å². The number of pyridine rings is 1. The van der Waals surface area contributed by atoms with E-state index in [0.29, 0.717) is 32.6 Å². The zero-order valence-corrected chi connectivity index (χ0v) is 17.8. The minimum absolute atomic E-state index is 0.0399. The molecule has 1 saturated heterocycles. The van der Waals surface area contributed by atoms with E-state index < -0.39 is 0 Å². The minimum atomic E-state index is -0.138. The highest BCUT2D eigenvalue weighted by Crippen LogP contribution is 2.40. The van der Waals surface area contributed by atoms with Crippen molar-refractivity contribution in [3.63, 3.8) is 0 Å². The van der Waals surface area contributed by atoms with Crippen LogP contribution in [0.5, 0.6) is 0 Å². The van der Waals surface area contributed by atoms with Crippen LogP contribution in [0.4, 0.5) is 0 Å². The number of piperidine rings is 1. The van der Waals surface area contributed by atoms with Crippen LogP contribution in [0.3, 0.4) is 0 Å². The van der Waals surface area contributed by atoms with Crippen LogP contribution < -0.4 is 10.9 Å². The van der Waals surface area contributed by atoms with Crippen molar-refractivity contribution in [3.8, 4) is 0 Å². The van der Waals surface area contributed by atoms with Gasteiger partial charge in [0.15, 0.2) is 0 Å². The fourth-order valence-electron chi connectivity index (χ4n) is 5.02. The largest absolute Gasteiger partial charge is 0.354 e. The zero-order chi connectivity index (χ0) is 21.4. The summed E-state index contributed by atoms with van der Waals surface area (Å²) in [5, 5.41) is 7.32. The first-order valence-electron chi connectivity index (χ1n) is 10.6. The Balaban J connectivity index is 1.53. The fraction of sp³-hybridized carbons (Fsp3) is 0.545. The van der Waals surface area contributed by atoms with Gasteiger partial charge in [0.05, 0.1) is 11.7 Å². The predicted octanol–water partition coefficient (Wildman–Crippen LogP) is 1.37. The number of amides is 2. The van der Waals surface area contributed by atoms with Gasteiger partial charge >= 0.3 is 0 Å². The van der Waals surface area contributed by atoms with Crippen LogP contribution >= 0.6 is 0 Å². The third-order valence-corrected chi connectivity index (χ3v) is 6.35. The Morgan fingerprint density at radius 2 is 2.03 bits per heavy atom. The summed E-state index contributed by atoms with van der Waals surface area (Å²) in [5.41, 5.74) is 2.93. The Morgan fingerprint density at radius 1 is 1.23 bits per heavy atom. The topological polar surface area (TPSA) is 89.2 Å². The summed E-state index contributed by atoms with van der Waals surface area (Å²) >= 11 is 0. The van der Waals surface area contributed by atoms with Crippen molar-refractivity contribution in [1.82, 2.24) is 24.6 Å². The van der Waals surface area contributed by atoms with Gasteiger partial charge in [-0.05, 0) is 38.3 Å². The van der Waals surface area contributed by atoms with Gasteiger partial charge in [-0.25, -0.2) is 0 Å². The fourth-order valence-corrected chi connectivity index (χ4v) is 5.02. The van der Waals surface area contributed by atoms with Gasteiger partial charge < -0.3 is 14.8 Å². The van der Waals surface area contributed by atoms with Crippen LogP contribution in [0.2, 0.25) is 0 Å². The molecule has 4 heterocycles. The van der Waals surface area contributed by atoms with E-state index in [1.807, 2.05) is 40.1 Å². The second-order valence-corrected chi connectivity index (χ2v) is 8.55. The molecule has 2 aromatic rings. The Morgan fingerprint density at radius 3 is 2.73 bits per heavy atom. The molecule has 4 rings (SSSR count). The molecule has 160 valence electrons. The lowest BCUT2D eigenvalue weighted by Crippen LogP contribution is -2.53. The van der Waals surface area contributed by atoms with Crippen molar-refractivity contribution < 1.29 is 9.59 Å². The van der Waals surface area contributed by atoms with Crippen LogP contribution in [-0.2, 0) is 16.1 Å². The van der Waals surface area contributed by atoms with Gasteiger partial charge in [-0.2, -0.15) is 5.10 Å². The number of hydrogen-bond donors (Lipinski definition) is 1. The van der Waals surface area contributed by atoms with Crippen LogP contribution in [-0.4, -0.2) is 50.7 Å². The number of carbonyl (C=O) groups is 2. The lowest BCUT2D eigenvalue weighted by molar-refractivity contribution is -0.134. The van der Waals surface area contributed by atoms with E-state index >= 15 is 0 Å². The molecule has 2 amide bonds. The summed E-state index contributed by atoms with van der Waals surface area (Å²) < 4.78 is 3.72. The summed E-state index contributed by atoms with van der Waals surface area (Å²) in [4.78, 5) is 39.1. The molecule has 8 nitrogen and oxygen atoms in total. The second kappa shape index (κ2) is 8.08. The number of carbonyl (C=O) groups excluding carboxylic acids is 2. The number of nitrogens with one attached hydrogen (secondary N) is 1. The van der Waals surface area contributed by atoms with E-state index in [0.717, 1.165) is 23.5 Å². The SMILES string of the molecule is CC(=O)NC[C@H]1[C@H]2C[C@H](CN(C(=O)CCn3nc(C)cc3C)C2)c2cccc(=O)n21. The molecular formula is C22H29N5O3. The highest BCUT2D eigenvalue weighted by Gasteiger charge is 2.41. The molecule has 0 aliphatic carbocycles. The van der Waals surface area contributed by atoms with Crippen molar-refractivity contribution in [3.05, 3.63) is 51.7 Å². The van der Waals surface area contributed by atoms with Crippen LogP contribution in [0.1, 0.15) is 48.8 Å². The molecule has 0 saturated carbocycles. The van der Waals surface area contributed by atoms with Crippen LogP contribution in [0.15, 0.2) is 29.1 Å². The van der Waals surface area contributed by atoms with Gasteiger partial charge in [-0.1, -0.05) is 6.07 Å². The third kappa shape index (κ3) is 3.91. The summed E-state index contributed by atoms with van der Waals surface area (Å²) in [6.07, 6.45) is 1.33. The number of rotatable bonds is 5. The molecule has 0 unspecified atom stereocenters. The Bertz CT molecular complexity index is 1020. The highest BCUT2D eigenvalue weighted by molar-refractivity contribution is 5.76. The lowest BCUT2D eigenvalue weighted by atomic mass is 9.78. The molecule has 2 aromatic heterocycles. The second-order valence-electron chi connectivity index (χ2n) is 8.55. The molecule has 30 heavy (non-hydrogen) atoms. The average molecular weight is 412 g/mol. The number of aromatic nitrogens is 3. The highest BCUT2D eigenvalue weighted by atomic mass is 16.2. The Hall–Kier alpha value is -2.90. The number of likely N-dealkylation sites (tertiary alicyclic amines) is 1. The molecule has 0 aromatic carbocycles. The van der Waals surface area contributed by atoms with Gasteiger partial charge in [0, 0.05) is 62.9 Å². The van der Waals surface area contributed by atoms with E-state index in [-0.39, 0.29) is 35.3 Å². The molecular weight excluding hydrogens is 382 g/mol. The molecule has 2 aliphatic rings.